The largest absolute Gasteiger partial charge is 0.486 e. The number of carbonyl (C=O) groups excluding carboxylic acids is 1. The summed E-state index contributed by atoms with van der Waals surface area (Å²) >= 11 is 6.02. The number of rotatable bonds is 6. The molecule has 0 saturated heterocycles. The smallest absolute Gasteiger partial charge is 0.240 e. The van der Waals surface area contributed by atoms with Gasteiger partial charge in [0.05, 0.1) is 4.90 Å². The van der Waals surface area contributed by atoms with Gasteiger partial charge in [-0.1, -0.05) is 17.7 Å². The molecule has 2 N–H and O–H groups in total. The van der Waals surface area contributed by atoms with Crippen LogP contribution in [-0.4, -0.2) is 34.1 Å². The second-order valence-electron chi connectivity index (χ2n) is 5.97. The van der Waals surface area contributed by atoms with E-state index >= 15 is 0 Å². The number of amides is 1. The lowest BCUT2D eigenvalue weighted by molar-refractivity contribution is -0.116. The molecule has 0 aromatic heterocycles. The molecule has 1 heterocycles. The van der Waals surface area contributed by atoms with Crippen molar-refractivity contribution in [2.75, 3.05) is 25.1 Å². The molecule has 144 valence electrons. The fraction of sp³-hybridized carbons (Fsp3) is 0.278. The van der Waals surface area contributed by atoms with Crippen LogP contribution < -0.4 is 19.5 Å². The summed E-state index contributed by atoms with van der Waals surface area (Å²) in [6.45, 7) is 2.62. The zero-order valence-corrected chi connectivity index (χ0v) is 16.2. The number of hydrogen-bond acceptors (Lipinski definition) is 5. The molecule has 0 bridgehead atoms. The van der Waals surface area contributed by atoms with Gasteiger partial charge in [0.25, 0.3) is 0 Å². The predicted molar refractivity (Wildman–Crippen MR) is 102 cm³/mol. The first-order chi connectivity index (χ1) is 12.8. The van der Waals surface area contributed by atoms with Crippen LogP contribution in [0.1, 0.15) is 12.0 Å². The second-order valence-corrected chi connectivity index (χ2v) is 8.14. The molecule has 2 aromatic carbocycles. The number of halogens is 1. The number of hydrogen-bond donors (Lipinski definition) is 2. The Labute approximate surface area is 162 Å². The third-order valence-electron chi connectivity index (χ3n) is 3.92. The Morgan fingerprint density at radius 1 is 1.11 bits per heavy atom. The lowest BCUT2D eigenvalue weighted by Gasteiger charge is -2.18. The summed E-state index contributed by atoms with van der Waals surface area (Å²) < 4.78 is 37.9. The van der Waals surface area contributed by atoms with Crippen molar-refractivity contribution in [1.29, 1.82) is 0 Å². The predicted octanol–water partition coefficient (Wildman–Crippen LogP) is 2.73. The Bertz CT molecular complexity index is 962. The molecule has 0 atom stereocenters. The van der Waals surface area contributed by atoms with E-state index in [-0.39, 0.29) is 23.8 Å². The maximum Gasteiger partial charge on any atom is 0.240 e. The van der Waals surface area contributed by atoms with E-state index in [9.17, 15) is 13.2 Å². The molecule has 1 aliphatic heterocycles. The van der Waals surface area contributed by atoms with Gasteiger partial charge in [-0.15, -0.1) is 0 Å². The topological polar surface area (TPSA) is 93.7 Å². The van der Waals surface area contributed by atoms with E-state index in [2.05, 4.69) is 10.0 Å². The molecule has 0 fully saturated rings. The summed E-state index contributed by atoms with van der Waals surface area (Å²) in [6, 6.07) is 9.57. The lowest BCUT2D eigenvalue weighted by atomic mass is 10.2. The molecule has 0 spiro atoms. The lowest BCUT2D eigenvalue weighted by Crippen LogP contribution is -2.28. The molecule has 27 heavy (non-hydrogen) atoms. The van der Waals surface area contributed by atoms with Gasteiger partial charge in [0, 0.05) is 29.7 Å². The van der Waals surface area contributed by atoms with Crippen molar-refractivity contribution in [2.45, 2.75) is 18.2 Å². The molecule has 7 nitrogen and oxygen atoms in total. The summed E-state index contributed by atoms with van der Waals surface area (Å²) in [7, 11) is -3.76. The first-order valence-corrected chi connectivity index (χ1v) is 10.2. The average Bonchev–Trinajstić information content (AvgIpc) is 2.64. The van der Waals surface area contributed by atoms with Crippen molar-refractivity contribution < 1.29 is 22.7 Å². The standard InChI is InChI=1S/C18H19ClN2O5S/c1-12-2-3-13(10-15(12)19)21-18(22)6-7-20-27(23,24)14-4-5-16-17(11-14)26-9-8-25-16/h2-5,10-11,20H,6-9H2,1H3,(H,21,22). The van der Waals surface area contributed by atoms with Crippen molar-refractivity contribution in [1.82, 2.24) is 4.72 Å². The van der Waals surface area contributed by atoms with Gasteiger partial charge in [0.2, 0.25) is 15.9 Å². The number of anilines is 1. The van der Waals surface area contributed by atoms with E-state index in [1.165, 1.54) is 12.1 Å². The van der Waals surface area contributed by atoms with Crippen molar-refractivity contribution in [3.63, 3.8) is 0 Å². The van der Waals surface area contributed by atoms with Gasteiger partial charge in [0.15, 0.2) is 11.5 Å². The molecule has 0 radical (unpaired) electrons. The fourth-order valence-electron chi connectivity index (χ4n) is 2.47. The monoisotopic (exact) mass is 410 g/mol. The van der Waals surface area contributed by atoms with Gasteiger partial charge < -0.3 is 14.8 Å². The molecular formula is C18H19ClN2O5S. The Hall–Kier alpha value is -2.29. The zero-order chi connectivity index (χ0) is 19.4. The summed E-state index contributed by atoms with van der Waals surface area (Å²) in [5.74, 6) is 0.578. The molecule has 1 amide bonds. The van der Waals surface area contributed by atoms with Crippen molar-refractivity contribution in [3.05, 3.63) is 47.0 Å². The Balaban J connectivity index is 1.55. The fourth-order valence-corrected chi connectivity index (χ4v) is 3.69. The molecule has 2 aromatic rings. The molecule has 0 aliphatic carbocycles. The number of ether oxygens (including phenoxy) is 2. The van der Waals surface area contributed by atoms with Gasteiger partial charge >= 0.3 is 0 Å². The summed E-state index contributed by atoms with van der Waals surface area (Å²) in [5, 5.41) is 3.23. The highest BCUT2D eigenvalue weighted by molar-refractivity contribution is 7.89. The third kappa shape index (κ3) is 4.91. The van der Waals surface area contributed by atoms with Crippen LogP contribution in [0.3, 0.4) is 0 Å². The highest BCUT2D eigenvalue weighted by Gasteiger charge is 2.19. The molecule has 0 unspecified atom stereocenters. The third-order valence-corrected chi connectivity index (χ3v) is 5.79. The van der Waals surface area contributed by atoms with Crippen LogP contribution in [0.15, 0.2) is 41.3 Å². The minimum absolute atomic E-state index is 0.0186. The van der Waals surface area contributed by atoms with Crippen LogP contribution >= 0.6 is 11.6 Å². The van der Waals surface area contributed by atoms with Gasteiger partial charge in [-0.05, 0) is 36.8 Å². The summed E-state index contributed by atoms with van der Waals surface area (Å²) in [4.78, 5) is 12.1. The SMILES string of the molecule is Cc1ccc(NC(=O)CCNS(=O)(=O)c2ccc3c(c2)OCCO3)cc1Cl. The first kappa shape index (κ1) is 19.5. The maximum absolute atomic E-state index is 12.4. The van der Waals surface area contributed by atoms with E-state index in [1.807, 2.05) is 6.92 Å². The number of aryl methyl sites for hydroxylation is 1. The molecule has 3 rings (SSSR count). The van der Waals surface area contributed by atoms with Crippen LogP contribution in [0.25, 0.3) is 0 Å². The summed E-state index contributed by atoms with van der Waals surface area (Å²) in [6.07, 6.45) is -0.0186. The van der Waals surface area contributed by atoms with E-state index in [0.29, 0.717) is 35.4 Å². The molecule has 0 saturated carbocycles. The van der Waals surface area contributed by atoms with E-state index in [0.717, 1.165) is 5.56 Å². The van der Waals surface area contributed by atoms with Crippen LogP contribution in [0.4, 0.5) is 5.69 Å². The van der Waals surface area contributed by atoms with Crippen LogP contribution in [0.2, 0.25) is 5.02 Å². The normalized spacial score (nSPS) is 13.3. The van der Waals surface area contributed by atoms with Gasteiger partial charge in [0.1, 0.15) is 13.2 Å². The van der Waals surface area contributed by atoms with Crippen molar-refractivity contribution in [3.8, 4) is 11.5 Å². The Morgan fingerprint density at radius 2 is 1.85 bits per heavy atom. The Morgan fingerprint density at radius 3 is 2.59 bits per heavy atom. The molecule has 9 heteroatoms. The zero-order valence-electron chi connectivity index (χ0n) is 14.6. The van der Waals surface area contributed by atoms with Crippen molar-refractivity contribution in [2.24, 2.45) is 0 Å². The summed E-state index contributed by atoms with van der Waals surface area (Å²) in [5.41, 5.74) is 1.46. The van der Waals surface area contributed by atoms with Crippen LogP contribution in [0.5, 0.6) is 11.5 Å². The minimum atomic E-state index is -3.76. The highest BCUT2D eigenvalue weighted by atomic mass is 35.5. The van der Waals surface area contributed by atoms with E-state index < -0.39 is 10.0 Å². The average molecular weight is 411 g/mol. The minimum Gasteiger partial charge on any atom is -0.486 e. The van der Waals surface area contributed by atoms with Crippen molar-refractivity contribution >= 4 is 33.2 Å². The first-order valence-electron chi connectivity index (χ1n) is 8.30. The van der Waals surface area contributed by atoms with Gasteiger partial charge in [-0.3, -0.25) is 4.79 Å². The molecular weight excluding hydrogens is 392 g/mol. The number of nitrogens with one attached hydrogen (secondary N) is 2. The Kier molecular flexibility index (Phi) is 5.88. The molecule has 1 aliphatic rings. The van der Waals surface area contributed by atoms with E-state index in [1.54, 1.807) is 24.3 Å². The van der Waals surface area contributed by atoms with Gasteiger partial charge in [-0.25, -0.2) is 13.1 Å². The highest BCUT2D eigenvalue weighted by Crippen LogP contribution is 2.32. The van der Waals surface area contributed by atoms with Crippen LogP contribution in [-0.2, 0) is 14.8 Å². The van der Waals surface area contributed by atoms with Crippen LogP contribution in [0, 0.1) is 6.92 Å². The number of benzene rings is 2. The van der Waals surface area contributed by atoms with Gasteiger partial charge in [-0.2, -0.15) is 0 Å². The number of carbonyl (C=O) groups is 1. The number of sulfonamides is 1. The quantitative estimate of drug-likeness (QED) is 0.763. The maximum atomic E-state index is 12.4. The second kappa shape index (κ2) is 8.16. The number of fused-ring (bicyclic) bond motifs is 1. The van der Waals surface area contributed by atoms with E-state index in [4.69, 9.17) is 21.1 Å².